The van der Waals surface area contributed by atoms with E-state index in [0.29, 0.717) is 27.7 Å². The van der Waals surface area contributed by atoms with Crippen molar-refractivity contribution < 1.29 is 18.7 Å². The zero-order valence-electron chi connectivity index (χ0n) is 12.6. The van der Waals surface area contributed by atoms with Crippen molar-refractivity contribution in [3.8, 4) is 0 Å². The van der Waals surface area contributed by atoms with E-state index >= 15 is 0 Å². The highest BCUT2D eigenvalue weighted by atomic mass is 32.1. The molecule has 1 aliphatic carbocycles. The number of hydrogen-bond donors (Lipinski definition) is 1. The fourth-order valence-electron chi connectivity index (χ4n) is 2.53. The van der Waals surface area contributed by atoms with Gasteiger partial charge in [-0.3, -0.25) is 4.79 Å². The summed E-state index contributed by atoms with van der Waals surface area (Å²) in [5.41, 5.74) is 1.08. The summed E-state index contributed by atoms with van der Waals surface area (Å²) >= 11 is 1.07. The Morgan fingerprint density at radius 2 is 2.13 bits per heavy atom. The summed E-state index contributed by atoms with van der Waals surface area (Å²) in [6.07, 6.45) is 0.612. The molecule has 1 fully saturated rings. The van der Waals surface area contributed by atoms with E-state index < -0.39 is 5.97 Å². The molecule has 1 saturated carbocycles. The Morgan fingerprint density at radius 1 is 1.39 bits per heavy atom. The molecule has 1 aromatic heterocycles. The lowest BCUT2D eigenvalue weighted by Crippen LogP contribution is -2.14. The van der Waals surface area contributed by atoms with Crippen molar-refractivity contribution in [2.45, 2.75) is 19.3 Å². The number of nitrogens with one attached hydrogen (secondary N) is 1. The minimum Gasteiger partial charge on any atom is -0.465 e. The van der Waals surface area contributed by atoms with E-state index in [1.54, 1.807) is 25.1 Å². The number of halogens is 1. The molecule has 2 aromatic rings. The summed E-state index contributed by atoms with van der Waals surface area (Å²) in [6.45, 7) is 1.68. The molecule has 5 nitrogen and oxygen atoms in total. The number of ether oxygens (including phenoxy) is 1. The zero-order valence-corrected chi connectivity index (χ0v) is 13.4. The number of methoxy groups -OCH3 is 1. The quantitative estimate of drug-likeness (QED) is 0.872. The van der Waals surface area contributed by atoms with Gasteiger partial charge in [0.2, 0.25) is 5.91 Å². The Balaban J connectivity index is 1.67. The third-order valence-corrected chi connectivity index (χ3v) is 4.88. The van der Waals surface area contributed by atoms with Gasteiger partial charge in [-0.15, -0.1) is 0 Å². The highest BCUT2D eigenvalue weighted by molar-refractivity contribution is 7.17. The topological polar surface area (TPSA) is 68.3 Å². The summed E-state index contributed by atoms with van der Waals surface area (Å²) in [7, 11) is 1.29. The second-order valence-electron chi connectivity index (χ2n) is 5.38. The van der Waals surface area contributed by atoms with E-state index in [-0.39, 0.29) is 23.6 Å². The number of thiazole rings is 1. The number of benzene rings is 1. The van der Waals surface area contributed by atoms with Gasteiger partial charge >= 0.3 is 5.97 Å². The van der Waals surface area contributed by atoms with Crippen molar-refractivity contribution in [3.05, 3.63) is 46.2 Å². The highest BCUT2D eigenvalue weighted by Crippen LogP contribution is 2.48. The number of carbonyl (C=O) groups is 2. The molecule has 7 heteroatoms. The molecular weight excluding hydrogens is 319 g/mol. The summed E-state index contributed by atoms with van der Waals surface area (Å²) in [5.74, 6) is -1.33. The number of anilines is 1. The first-order valence-corrected chi connectivity index (χ1v) is 7.94. The Bertz CT molecular complexity index is 774. The van der Waals surface area contributed by atoms with Gasteiger partial charge in [0.15, 0.2) is 5.13 Å². The standard InChI is InChI=1S/C16H15FN2O3S/c1-8-13(15(21)22-2)23-16(18-8)19-14(20)11-7-10(11)9-5-3-4-6-12(9)17/h3-6,10-11H,7H2,1-2H3,(H,18,19,20). The fraction of sp³-hybridized carbons (Fsp3) is 0.312. The average molecular weight is 334 g/mol. The first-order valence-electron chi connectivity index (χ1n) is 7.12. The van der Waals surface area contributed by atoms with Crippen LogP contribution in [-0.2, 0) is 9.53 Å². The van der Waals surface area contributed by atoms with E-state index in [2.05, 4.69) is 15.0 Å². The number of hydrogen-bond acceptors (Lipinski definition) is 5. The van der Waals surface area contributed by atoms with Gasteiger partial charge < -0.3 is 10.1 Å². The van der Waals surface area contributed by atoms with Crippen molar-refractivity contribution in [1.29, 1.82) is 0 Å². The average Bonchev–Trinajstić information content (AvgIpc) is 3.24. The van der Waals surface area contributed by atoms with Crippen LogP contribution < -0.4 is 5.32 Å². The maximum absolute atomic E-state index is 13.7. The lowest BCUT2D eigenvalue weighted by atomic mass is 10.1. The molecule has 0 radical (unpaired) electrons. The molecule has 0 aliphatic heterocycles. The minimum atomic E-state index is -0.476. The van der Waals surface area contributed by atoms with E-state index in [1.807, 2.05) is 0 Å². The maximum Gasteiger partial charge on any atom is 0.350 e. The minimum absolute atomic E-state index is 0.0997. The van der Waals surface area contributed by atoms with Gasteiger partial charge in [-0.2, -0.15) is 0 Å². The third kappa shape index (κ3) is 3.10. The molecule has 1 aliphatic rings. The van der Waals surface area contributed by atoms with E-state index in [4.69, 9.17) is 0 Å². The molecule has 1 aromatic carbocycles. The van der Waals surface area contributed by atoms with Crippen LogP contribution >= 0.6 is 11.3 Å². The predicted molar refractivity (Wildman–Crippen MR) is 84.1 cm³/mol. The molecule has 1 N–H and O–H groups in total. The van der Waals surface area contributed by atoms with Crippen LogP contribution in [0, 0.1) is 18.7 Å². The highest BCUT2D eigenvalue weighted by Gasteiger charge is 2.45. The molecule has 0 bridgehead atoms. The number of nitrogens with zero attached hydrogens (tertiary/aromatic N) is 1. The van der Waals surface area contributed by atoms with Crippen molar-refractivity contribution in [2.75, 3.05) is 12.4 Å². The number of amides is 1. The summed E-state index contributed by atoms with van der Waals surface area (Å²) < 4.78 is 18.4. The Hall–Kier alpha value is -2.28. The Morgan fingerprint density at radius 3 is 2.83 bits per heavy atom. The van der Waals surface area contributed by atoms with Crippen molar-refractivity contribution in [3.63, 3.8) is 0 Å². The molecule has 2 atom stereocenters. The molecule has 1 amide bonds. The SMILES string of the molecule is COC(=O)c1sc(NC(=O)C2CC2c2ccccc2F)nc1C. The molecule has 0 saturated heterocycles. The van der Waals surface area contributed by atoms with Crippen LogP contribution in [0.2, 0.25) is 0 Å². The van der Waals surface area contributed by atoms with Crippen LogP contribution in [0.4, 0.5) is 9.52 Å². The third-order valence-electron chi connectivity index (χ3n) is 3.83. The van der Waals surface area contributed by atoms with Gasteiger partial charge in [0.25, 0.3) is 0 Å². The van der Waals surface area contributed by atoms with E-state index in [0.717, 1.165) is 11.3 Å². The van der Waals surface area contributed by atoms with E-state index in [9.17, 15) is 14.0 Å². The van der Waals surface area contributed by atoms with Crippen molar-refractivity contribution >= 4 is 28.3 Å². The molecule has 2 unspecified atom stereocenters. The molecule has 3 rings (SSSR count). The first kappa shape index (κ1) is 15.6. The molecule has 1 heterocycles. The van der Waals surface area contributed by atoms with Crippen LogP contribution in [0.15, 0.2) is 24.3 Å². The molecular formula is C16H15FN2O3S. The maximum atomic E-state index is 13.7. The number of rotatable bonds is 4. The van der Waals surface area contributed by atoms with E-state index in [1.165, 1.54) is 13.2 Å². The zero-order chi connectivity index (χ0) is 16.6. The van der Waals surface area contributed by atoms with Gasteiger partial charge in [-0.05, 0) is 30.9 Å². The lowest BCUT2D eigenvalue weighted by Gasteiger charge is -2.02. The normalized spacial score (nSPS) is 19.3. The second kappa shape index (κ2) is 6.08. The van der Waals surface area contributed by atoms with Gasteiger partial charge in [-0.25, -0.2) is 14.2 Å². The second-order valence-corrected chi connectivity index (χ2v) is 6.38. The monoisotopic (exact) mass is 334 g/mol. The lowest BCUT2D eigenvalue weighted by molar-refractivity contribution is -0.117. The van der Waals surface area contributed by atoms with Crippen molar-refractivity contribution in [2.24, 2.45) is 5.92 Å². The Labute approximate surface area is 136 Å². The van der Waals surface area contributed by atoms with Crippen LogP contribution in [-0.4, -0.2) is 24.0 Å². The van der Waals surface area contributed by atoms with Gasteiger partial charge in [0, 0.05) is 5.92 Å². The van der Waals surface area contributed by atoms with Gasteiger partial charge in [0.1, 0.15) is 10.7 Å². The van der Waals surface area contributed by atoms with Crippen molar-refractivity contribution in [1.82, 2.24) is 4.98 Å². The van der Waals surface area contributed by atoms with Crippen LogP contribution in [0.25, 0.3) is 0 Å². The van der Waals surface area contributed by atoms with Gasteiger partial charge in [-0.1, -0.05) is 29.5 Å². The molecule has 0 spiro atoms. The Kier molecular flexibility index (Phi) is 4.12. The van der Waals surface area contributed by atoms with Gasteiger partial charge in [0.05, 0.1) is 12.8 Å². The number of aromatic nitrogens is 1. The predicted octanol–water partition coefficient (Wildman–Crippen LogP) is 3.12. The number of carbonyl (C=O) groups excluding carboxylic acids is 2. The summed E-state index contributed by atoms with van der Waals surface area (Å²) in [5, 5.41) is 3.06. The molecule has 23 heavy (non-hydrogen) atoms. The summed E-state index contributed by atoms with van der Waals surface area (Å²) in [6, 6.07) is 6.49. The largest absolute Gasteiger partial charge is 0.465 e. The molecule has 120 valence electrons. The van der Waals surface area contributed by atoms with Crippen LogP contribution in [0.5, 0.6) is 0 Å². The smallest absolute Gasteiger partial charge is 0.350 e. The first-order chi connectivity index (χ1) is 11.0. The number of esters is 1. The summed E-state index contributed by atoms with van der Waals surface area (Å²) in [4.78, 5) is 28.3. The van der Waals surface area contributed by atoms with Crippen LogP contribution in [0.1, 0.15) is 33.3 Å². The van der Waals surface area contributed by atoms with Crippen LogP contribution in [0.3, 0.4) is 0 Å². The fourth-order valence-corrected chi connectivity index (χ4v) is 3.42. The number of aryl methyl sites for hydroxylation is 1.